The first-order valence-electron chi connectivity index (χ1n) is 8.90. The first kappa shape index (κ1) is 16.1. The summed E-state index contributed by atoms with van der Waals surface area (Å²) in [6.07, 6.45) is 3.91. The molecule has 0 saturated carbocycles. The smallest absolute Gasteiger partial charge is 0.196 e. The molecule has 0 aliphatic carbocycles. The van der Waals surface area contributed by atoms with Gasteiger partial charge in [-0.25, -0.2) is 4.98 Å². The lowest BCUT2D eigenvalue weighted by molar-refractivity contribution is -0.169. The van der Waals surface area contributed by atoms with Gasteiger partial charge in [0.2, 0.25) is 0 Å². The zero-order valence-electron chi connectivity index (χ0n) is 14.7. The normalized spacial score (nSPS) is 19.5. The van der Waals surface area contributed by atoms with Crippen molar-refractivity contribution >= 4 is 22.1 Å². The van der Waals surface area contributed by atoms with Gasteiger partial charge in [-0.3, -0.25) is 4.40 Å². The van der Waals surface area contributed by atoms with Crippen molar-refractivity contribution in [2.45, 2.75) is 18.6 Å². The summed E-state index contributed by atoms with van der Waals surface area (Å²) in [4.78, 5) is 8.17. The molecule has 136 valence electrons. The number of anilines is 1. The molecule has 0 amide bonds. The number of thiazole rings is 1. The number of fused-ring (bicyclic) bond motifs is 1. The first-order valence-corrected chi connectivity index (χ1v) is 9.78. The maximum atomic E-state index is 5.82. The Balaban J connectivity index is 1.41. The SMILES string of the molecule is COc1cccc(-c2csc3nc(N4CCC5(CC4)OCCO5)cn23)c1. The molecule has 0 radical (unpaired) electrons. The minimum absolute atomic E-state index is 0.348. The molecule has 5 rings (SSSR count). The molecule has 2 fully saturated rings. The first-order chi connectivity index (χ1) is 12.8. The Morgan fingerprint density at radius 1 is 1.19 bits per heavy atom. The molecule has 0 unspecified atom stereocenters. The van der Waals surface area contributed by atoms with Crippen LogP contribution in [-0.2, 0) is 9.47 Å². The van der Waals surface area contributed by atoms with E-state index in [1.54, 1.807) is 18.4 Å². The van der Waals surface area contributed by atoms with E-state index in [0.717, 1.165) is 53.7 Å². The Morgan fingerprint density at radius 2 is 2.00 bits per heavy atom. The number of imidazole rings is 1. The van der Waals surface area contributed by atoms with Crippen LogP contribution in [0.15, 0.2) is 35.8 Å². The highest BCUT2D eigenvalue weighted by molar-refractivity contribution is 7.15. The zero-order chi connectivity index (χ0) is 17.6. The predicted molar refractivity (Wildman–Crippen MR) is 101 cm³/mol. The second-order valence-electron chi connectivity index (χ2n) is 6.70. The number of methoxy groups -OCH3 is 1. The van der Waals surface area contributed by atoms with Crippen LogP contribution in [0.25, 0.3) is 16.2 Å². The third-order valence-electron chi connectivity index (χ3n) is 5.22. The fourth-order valence-corrected chi connectivity index (χ4v) is 4.65. The van der Waals surface area contributed by atoms with Crippen molar-refractivity contribution in [2.24, 2.45) is 0 Å². The van der Waals surface area contributed by atoms with E-state index in [9.17, 15) is 0 Å². The number of nitrogens with zero attached hydrogens (tertiary/aromatic N) is 3. The number of piperidine rings is 1. The standard InChI is InChI=1S/C19H21N3O3S/c1-23-15-4-2-3-14(11-15)16-13-26-18-20-17(12-22(16)18)21-7-5-19(6-8-21)24-9-10-25-19/h2-4,11-13H,5-10H2,1H3. The van der Waals surface area contributed by atoms with E-state index in [1.165, 1.54) is 0 Å². The van der Waals surface area contributed by atoms with Gasteiger partial charge in [-0.1, -0.05) is 12.1 Å². The Kier molecular flexibility index (Phi) is 3.88. The number of hydrogen-bond acceptors (Lipinski definition) is 6. The largest absolute Gasteiger partial charge is 0.497 e. The van der Waals surface area contributed by atoms with Crippen LogP contribution in [0.5, 0.6) is 5.75 Å². The fraction of sp³-hybridized carbons (Fsp3) is 0.421. The van der Waals surface area contributed by atoms with E-state index < -0.39 is 0 Å². The van der Waals surface area contributed by atoms with Crippen LogP contribution in [0.3, 0.4) is 0 Å². The van der Waals surface area contributed by atoms with Crippen molar-refractivity contribution in [3.05, 3.63) is 35.8 Å². The minimum Gasteiger partial charge on any atom is -0.497 e. The lowest BCUT2D eigenvalue weighted by Crippen LogP contribution is -2.45. The molecule has 2 aliphatic rings. The molecule has 1 spiro atoms. The summed E-state index contributed by atoms with van der Waals surface area (Å²) in [6, 6.07) is 8.13. The van der Waals surface area contributed by atoms with E-state index in [4.69, 9.17) is 19.2 Å². The maximum absolute atomic E-state index is 5.82. The van der Waals surface area contributed by atoms with Crippen molar-refractivity contribution in [1.82, 2.24) is 9.38 Å². The van der Waals surface area contributed by atoms with Crippen molar-refractivity contribution < 1.29 is 14.2 Å². The molecule has 2 aromatic heterocycles. The summed E-state index contributed by atoms with van der Waals surface area (Å²) in [5, 5.41) is 2.15. The molecule has 4 heterocycles. The average molecular weight is 371 g/mol. The van der Waals surface area contributed by atoms with Gasteiger partial charge in [0.25, 0.3) is 0 Å². The van der Waals surface area contributed by atoms with Crippen molar-refractivity contribution in [2.75, 3.05) is 38.3 Å². The average Bonchev–Trinajstić information content (AvgIpc) is 3.39. The second-order valence-corrected chi connectivity index (χ2v) is 7.54. The van der Waals surface area contributed by atoms with Gasteiger partial charge in [-0.05, 0) is 12.1 Å². The summed E-state index contributed by atoms with van der Waals surface area (Å²) in [6.45, 7) is 3.23. The molecular weight excluding hydrogens is 350 g/mol. The topological polar surface area (TPSA) is 48.2 Å². The summed E-state index contributed by atoms with van der Waals surface area (Å²) < 4.78 is 19.2. The van der Waals surface area contributed by atoms with E-state index in [-0.39, 0.29) is 5.79 Å². The minimum atomic E-state index is -0.348. The van der Waals surface area contributed by atoms with E-state index >= 15 is 0 Å². The van der Waals surface area contributed by atoms with Gasteiger partial charge in [0.05, 0.1) is 32.2 Å². The quantitative estimate of drug-likeness (QED) is 0.706. The highest BCUT2D eigenvalue weighted by Gasteiger charge is 2.40. The Labute approximate surface area is 155 Å². The fourth-order valence-electron chi connectivity index (χ4n) is 3.78. The van der Waals surface area contributed by atoms with E-state index in [1.807, 2.05) is 12.1 Å². The van der Waals surface area contributed by atoms with Crippen LogP contribution in [0.1, 0.15) is 12.8 Å². The van der Waals surface area contributed by atoms with Crippen molar-refractivity contribution in [1.29, 1.82) is 0 Å². The third-order valence-corrected chi connectivity index (χ3v) is 6.06. The highest BCUT2D eigenvalue weighted by atomic mass is 32.1. The number of ether oxygens (including phenoxy) is 3. The van der Waals surface area contributed by atoms with Crippen molar-refractivity contribution in [3.8, 4) is 17.0 Å². The van der Waals surface area contributed by atoms with Gasteiger partial charge in [0.15, 0.2) is 10.7 Å². The van der Waals surface area contributed by atoms with Crippen LogP contribution in [0.2, 0.25) is 0 Å². The third kappa shape index (κ3) is 2.67. The van der Waals surface area contributed by atoms with E-state index in [2.05, 4.69) is 33.0 Å². The lowest BCUT2D eigenvalue weighted by Gasteiger charge is -2.37. The summed E-state index contributed by atoms with van der Waals surface area (Å²) in [5.74, 6) is 1.54. The molecule has 6 nitrogen and oxygen atoms in total. The summed E-state index contributed by atoms with van der Waals surface area (Å²) >= 11 is 1.66. The summed E-state index contributed by atoms with van der Waals surface area (Å²) in [5.41, 5.74) is 2.27. The van der Waals surface area contributed by atoms with Crippen LogP contribution in [-0.4, -0.2) is 48.6 Å². The van der Waals surface area contributed by atoms with Crippen molar-refractivity contribution in [3.63, 3.8) is 0 Å². The van der Waals surface area contributed by atoms with Gasteiger partial charge in [-0.15, -0.1) is 11.3 Å². The number of aromatic nitrogens is 2. The molecule has 0 bridgehead atoms. The number of benzene rings is 1. The number of rotatable bonds is 3. The monoisotopic (exact) mass is 371 g/mol. The summed E-state index contributed by atoms with van der Waals surface area (Å²) in [7, 11) is 1.69. The molecule has 0 N–H and O–H groups in total. The molecule has 1 aromatic carbocycles. The molecule has 7 heteroatoms. The van der Waals surface area contributed by atoms with Gasteiger partial charge >= 0.3 is 0 Å². The molecule has 2 saturated heterocycles. The maximum Gasteiger partial charge on any atom is 0.196 e. The molecule has 26 heavy (non-hydrogen) atoms. The Hall–Kier alpha value is -2.09. The van der Waals surface area contributed by atoms with Crippen LogP contribution < -0.4 is 9.64 Å². The Bertz CT molecular complexity index is 919. The van der Waals surface area contributed by atoms with Gasteiger partial charge in [0.1, 0.15) is 11.6 Å². The van der Waals surface area contributed by atoms with Crippen LogP contribution in [0.4, 0.5) is 5.82 Å². The second kappa shape index (κ2) is 6.26. The zero-order valence-corrected chi connectivity index (χ0v) is 15.5. The molecule has 0 atom stereocenters. The Morgan fingerprint density at radius 3 is 2.77 bits per heavy atom. The van der Waals surface area contributed by atoms with Crippen LogP contribution in [0, 0.1) is 0 Å². The van der Waals surface area contributed by atoms with Crippen LogP contribution >= 0.6 is 11.3 Å². The molecule has 2 aliphatic heterocycles. The van der Waals surface area contributed by atoms with Gasteiger partial charge < -0.3 is 19.1 Å². The molecular formula is C19H21N3O3S. The predicted octanol–water partition coefficient (Wildman–Crippen LogP) is 3.41. The number of hydrogen-bond donors (Lipinski definition) is 0. The van der Waals surface area contributed by atoms with E-state index in [0.29, 0.717) is 13.2 Å². The highest BCUT2D eigenvalue weighted by Crippen LogP contribution is 2.35. The van der Waals surface area contributed by atoms with Gasteiger partial charge in [-0.2, -0.15) is 0 Å². The molecule has 3 aromatic rings. The van der Waals surface area contributed by atoms with Gasteiger partial charge in [0, 0.05) is 36.9 Å². The lowest BCUT2D eigenvalue weighted by atomic mass is 10.0.